The van der Waals surface area contributed by atoms with Gasteiger partial charge in [-0.25, -0.2) is 4.98 Å². The summed E-state index contributed by atoms with van der Waals surface area (Å²) in [4.78, 5) is 13.4. The van der Waals surface area contributed by atoms with Crippen LogP contribution in [0.25, 0.3) is 0 Å². The van der Waals surface area contributed by atoms with E-state index < -0.39 is 0 Å². The van der Waals surface area contributed by atoms with Gasteiger partial charge >= 0.3 is 0 Å². The Bertz CT molecular complexity index is 527. The van der Waals surface area contributed by atoms with Crippen LogP contribution in [0.5, 0.6) is 0 Å². The van der Waals surface area contributed by atoms with Gasteiger partial charge in [-0.3, -0.25) is 4.99 Å². The summed E-state index contributed by atoms with van der Waals surface area (Å²) in [5, 5.41) is 6.81. The smallest absolute Gasteiger partial charge is 0.191 e. The molecule has 0 spiro atoms. The van der Waals surface area contributed by atoms with Crippen molar-refractivity contribution in [3.63, 3.8) is 0 Å². The molecule has 0 atom stereocenters. The third-order valence-electron chi connectivity index (χ3n) is 4.60. The number of aliphatic imine (C=N–C) groups is 1. The molecule has 1 aliphatic rings. The number of halogens is 1. The van der Waals surface area contributed by atoms with E-state index in [1.807, 2.05) is 38.3 Å². The average molecular weight is 474 g/mol. The molecule has 2 rings (SSSR count). The maximum Gasteiger partial charge on any atom is 0.191 e. The third-order valence-corrected chi connectivity index (χ3v) is 4.60. The molecule has 6 nitrogen and oxygen atoms in total. The molecular weight excluding hydrogens is 439 g/mol. The van der Waals surface area contributed by atoms with Gasteiger partial charge in [0.25, 0.3) is 0 Å². The van der Waals surface area contributed by atoms with Crippen LogP contribution in [0, 0.1) is 0 Å². The number of guanidine groups is 1. The van der Waals surface area contributed by atoms with Crippen LogP contribution in [0.15, 0.2) is 23.3 Å². The van der Waals surface area contributed by atoms with E-state index in [0.717, 1.165) is 24.7 Å². The molecule has 7 heteroatoms. The molecule has 1 saturated heterocycles. The minimum atomic E-state index is 0. The van der Waals surface area contributed by atoms with Gasteiger partial charge in [0.15, 0.2) is 5.96 Å². The first-order valence-corrected chi connectivity index (χ1v) is 9.49. The van der Waals surface area contributed by atoms with Crippen molar-refractivity contribution >= 4 is 35.8 Å². The van der Waals surface area contributed by atoms with Crippen LogP contribution >= 0.6 is 24.0 Å². The highest BCUT2D eigenvalue weighted by molar-refractivity contribution is 14.0. The van der Waals surface area contributed by atoms with Crippen molar-refractivity contribution in [2.75, 3.05) is 52.2 Å². The predicted octanol–water partition coefficient (Wildman–Crippen LogP) is 2.70. The zero-order valence-electron chi connectivity index (χ0n) is 16.5. The van der Waals surface area contributed by atoms with Gasteiger partial charge < -0.3 is 20.4 Å². The fourth-order valence-corrected chi connectivity index (χ4v) is 3.24. The fraction of sp³-hybridized carbons (Fsp3) is 0.684. The van der Waals surface area contributed by atoms with Crippen molar-refractivity contribution in [2.24, 2.45) is 4.99 Å². The van der Waals surface area contributed by atoms with Gasteiger partial charge in [-0.2, -0.15) is 0 Å². The van der Waals surface area contributed by atoms with E-state index in [1.54, 1.807) is 0 Å². The van der Waals surface area contributed by atoms with Crippen LogP contribution in [-0.4, -0.2) is 63.2 Å². The molecule has 148 valence electrons. The van der Waals surface area contributed by atoms with Crippen molar-refractivity contribution in [1.29, 1.82) is 0 Å². The van der Waals surface area contributed by atoms with Crippen molar-refractivity contribution < 1.29 is 0 Å². The van der Waals surface area contributed by atoms with Gasteiger partial charge in [-0.1, -0.05) is 18.9 Å². The highest BCUT2D eigenvalue weighted by atomic mass is 127. The number of anilines is 1. The predicted molar refractivity (Wildman–Crippen MR) is 122 cm³/mol. The second-order valence-corrected chi connectivity index (χ2v) is 6.84. The van der Waals surface area contributed by atoms with E-state index in [1.165, 1.54) is 50.9 Å². The zero-order chi connectivity index (χ0) is 17.9. The van der Waals surface area contributed by atoms with E-state index >= 15 is 0 Å². The first-order valence-electron chi connectivity index (χ1n) is 9.49. The number of nitrogens with zero attached hydrogens (tertiary/aromatic N) is 4. The van der Waals surface area contributed by atoms with Crippen LogP contribution in [0.4, 0.5) is 5.82 Å². The number of pyridine rings is 1. The average Bonchev–Trinajstić information content (AvgIpc) is 2.90. The Hall–Kier alpha value is -1.09. The van der Waals surface area contributed by atoms with Gasteiger partial charge in [0.05, 0.1) is 0 Å². The summed E-state index contributed by atoms with van der Waals surface area (Å²) in [7, 11) is 5.85. The molecule has 2 heterocycles. The maximum atomic E-state index is 4.44. The number of likely N-dealkylation sites (tertiary alicyclic amines) is 1. The number of nitrogens with one attached hydrogen (secondary N) is 2. The van der Waals surface area contributed by atoms with Crippen LogP contribution in [0.1, 0.15) is 37.7 Å². The molecule has 1 fully saturated rings. The summed E-state index contributed by atoms with van der Waals surface area (Å²) in [6.07, 6.45) is 8.49. The topological polar surface area (TPSA) is 55.8 Å². The van der Waals surface area contributed by atoms with E-state index in [9.17, 15) is 0 Å². The van der Waals surface area contributed by atoms with E-state index in [0.29, 0.717) is 6.54 Å². The van der Waals surface area contributed by atoms with Gasteiger partial charge in [0, 0.05) is 46.0 Å². The molecule has 0 bridgehead atoms. The molecule has 0 unspecified atom stereocenters. The van der Waals surface area contributed by atoms with Crippen LogP contribution < -0.4 is 15.5 Å². The summed E-state index contributed by atoms with van der Waals surface area (Å²) < 4.78 is 0. The van der Waals surface area contributed by atoms with Crippen LogP contribution in [-0.2, 0) is 6.54 Å². The minimum Gasteiger partial charge on any atom is -0.362 e. The van der Waals surface area contributed by atoms with Gasteiger partial charge in [-0.15, -0.1) is 24.0 Å². The first-order chi connectivity index (χ1) is 12.2. The number of aromatic nitrogens is 1. The van der Waals surface area contributed by atoms with E-state index in [4.69, 9.17) is 0 Å². The molecule has 26 heavy (non-hydrogen) atoms. The van der Waals surface area contributed by atoms with Crippen molar-refractivity contribution in [1.82, 2.24) is 20.5 Å². The second-order valence-electron chi connectivity index (χ2n) is 6.84. The standard InChI is InChI=1S/C19H34N6.HI/c1-20-19(22-12-9-15-25-13-6-4-5-7-14-25)23-16-17-10-8-11-21-18(17)24(2)3;/h8,10-11H,4-7,9,12-16H2,1-3H3,(H2,20,22,23);1H. The Kier molecular flexibility index (Phi) is 11.6. The molecule has 0 radical (unpaired) electrons. The summed E-state index contributed by atoms with van der Waals surface area (Å²) >= 11 is 0. The summed E-state index contributed by atoms with van der Waals surface area (Å²) in [6.45, 7) is 5.37. The highest BCUT2D eigenvalue weighted by Crippen LogP contribution is 2.13. The van der Waals surface area contributed by atoms with Crippen molar-refractivity contribution in [3.8, 4) is 0 Å². The second kappa shape index (κ2) is 13.1. The third kappa shape index (κ3) is 8.07. The lowest BCUT2D eigenvalue weighted by Gasteiger charge is -2.20. The Morgan fingerprint density at radius 1 is 1.19 bits per heavy atom. The lowest BCUT2D eigenvalue weighted by atomic mass is 10.2. The lowest BCUT2D eigenvalue weighted by molar-refractivity contribution is 0.282. The summed E-state index contributed by atoms with van der Waals surface area (Å²) in [6, 6.07) is 4.07. The molecule has 0 aromatic carbocycles. The Balaban J connectivity index is 0.00000338. The lowest BCUT2D eigenvalue weighted by Crippen LogP contribution is -2.38. The Labute approximate surface area is 175 Å². The monoisotopic (exact) mass is 474 g/mol. The molecular formula is C19H35IN6. The van der Waals surface area contributed by atoms with Crippen LogP contribution in [0.2, 0.25) is 0 Å². The molecule has 0 amide bonds. The normalized spacial score (nSPS) is 15.7. The van der Waals surface area contributed by atoms with Gasteiger partial charge in [0.2, 0.25) is 0 Å². The largest absolute Gasteiger partial charge is 0.362 e. The molecule has 1 aliphatic heterocycles. The number of rotatable bonds is 7. The van der Waals surface area contributed by atoms with Crippen LogP contribution in [0.3, 0.4) is 0 Å². The summed E-state index contributed by atoms with van der Waals surface area (Å²) in [5.74, 6) is 1.84. The maximum absolute atomic E-state index is 4.44. The van der Waals surface area contributed by atoms with Crippen molar-refractivity contribution in [2.45, 2.75) is 38.6 Å². The SMILES string of the molecule is CN=C(NCCCN1CCCCCC1)NCc1cccnc1N(C)C.I. The van der Waals surface area contributed by atoms with Crippen molar-refractivity contribution in [3.05, 3.63) is 23.9 Å². The Morgan fingerprint density at radius 3 is 2.58 bits per heavy atom. The van der Waals surface area contributed by atoms with E-state index in [-0.39, 0.29) is 24.0 Å². The molecule has 2 N–H and O–H groups in total. The quantitative estimate of drug-likeness (QED) is 0.276. The zero-order valence-corrected chi connectivity index (χ0v) is 18.8. The molecule has 0 saturated carbocycles. The Morgan fingerprint density at radius 2 is 1.92 bits per heavy atom. The number of hydrogen-bond donors (Lipinski definition) is 2. The minimum absolute atomic E-state index is 0. The first kappa shape index (κ1) is 23.0. The van der Waals surface area contributed by atoms with Gasteiger partial charge in [0.1, 0.15) is 5.82 Å². The summed E-state index contributed by atoms with van der Waals surface area (Å²) in [5.41, 5.74) is 1.17. The highest BCUT2D eigenvalue weighted by Gasteiger charge is 2.09. The molecule has 1 aromatic rings. The van der Waals surface area contributed by atoms with Gasteiger partial charge in [-0.05, 0) is 45.0 Å². The van der Waals surface area contributed by atoms with E-state index in [2.05, 4.69) is 31.6 Å². The number of hydrogen-bond acceptors (Lipinski definition) is 4. The molecule has 0 aliphatic carbocycles. The fourth-order valence-electron chi connectivity index (χ4n) is 3.24. The molecule has 1 aromatic heterocycles.